The number of amides is 1. The quantitative estimate of drug-likeness (QED) is 0.530. The highest BCUT2D eigenvalue weighted by Crippen LogP contribution is 2.33. The SMILES string of the molecule is CCC1CC(=O)N(C(N)c2ccc(C(=O)C(C)C)cc2)N=C1c1ccc(OC(F)F)c(OC)c1. The fraction of sp³-hybridized carbons (Fsp3) is 0.400. The van der Waals surface area contributed by atoms with E-state index in [9.17, 15) is 18.4 Å². The van der Waals surface area contributed by atoms with Crippen LogP contribution in [0.25, 0.3) is 0 Å². The molecule has 0 aromatic heterocycles. The molecule has 9 heteroatoms. The number of nitrogens with zero attached hydrogens (tertiary/aromatic N) is 2. The van der Waals surface area contributed by atoms with Gasteiger partial charge in [-0.25, -0.2) is 5.01 Å². The lowest BCUT2D eigenvalue weighted by molar-refractivity contribution is -0.135. The van der Waals surface area contributed by atoms with Crippen LogP contribution in [-0.4, -0.2) is 36.1 Å². The van der Waals surface area contributed by atoms with E-state index in [0.717, 1.165) is 0 Å². The van der Waals surface area contributed by atoms with Gasteiger partial charge in [0.2, 0.25) is 5.91 Å². The maximum Gasteiger partial charge on any atom is 0.387 e. The molecule has 7 nitrogen and oxygen atoms in total. The Labute approximate surface area is 197 Å². The van der Waals surface area contributed by atoms with Gasteiger partial charge in [0.1, 0.15) is 6.17 Å². The normalized spacial score (nSPS) is 17.1. The molecule has 0 fully saturated rings. The monoisotopic (exact) mass is 473 g/mol. The number of carbonyl (C=O) groups excluding carboxylic acids is 2. The number of hydrogen-bond acceptors (Lipinski definition) is 6. The number of ketones is 1. The van der Waals surface area contributed by atoms with Crippen molar-refractivity contribution >= 4 is 17.4 Å². The zero-order valence-electron chi connectivity index (χ0n) is 19.6. The summed E-state index contributed by atoms with van der Waals surface area (Å²) in [5.74, 6) is -0.465. The van der Waals surface area contributed by atoms with Crippen LogP contribution in [-0.2, 0) is 4.79 Å². The van der Waals surface area contributed by atoms with E-state index in [1.54, 1.807) is 36.4 Å². The lowest BCUT2D eigenvalue weighted by Crippen LogP contribution is -2.42. The van der Waals surface area contributed by atoms with E-state index >= 15 is 0 Å². The van der Waals surface area contributed by atoms with E-state index in [-0.39, 0.29) is 41.4 Å². The van der Waals surface area contributed by atoms with Crippen molar-refractivity contribution in [2.45, 2.75) is 46.4 Å². The number of rotatable bonds is 9. The summed E-state index contributed by atoms with van der Waals surface area (Å²) < 4.78 is 35.1. The molecule has 0 saturated heterocycles. The smallest absolute Gasteiger partial charge is 0.387 e. The molecule has 0 aliphatic carbocycles. The van der Waals surface area contributed by atoms with Crippen molar-refractivity contribution in [1.82, 2.24) is 5.01 Å². The van der Waals surface area contributed by atoms with Crippen molar-refractivity contribution < 1.29 is 27.8 Å². The van der Waals surface area contributed by atoms with Crippen LogP contribution in [0, 0.1) is 11.8 Å². The first-order chi connectivity index (χ1) is 16.2. The van der Waals surface area contributed by atoms with Crippen molar-refractivity contribution in [3.8, 4) is 11.5 Å². The van der Waals surface area contributed by atoms with Crippen LogP contribution < -0.4 is 15.2 Å². The van der Waals surface area contributed by atoms with Crippen molar-refractivity contribution in [2.75, 3.05) is 7.11 Å². The molecule has 2 aromatic rings. The summed E-state index contributed by atoms with van der Waals surface area (Å²) in [7, 11) is 1.36. The summed E-state index contributed by atoms with van der Waals surface area (Å²) in [5, 5.41) is 5.81. The molecule has 3 rings (SSSR count). The number of ether oxygens (including phenoxy) is 2. The standard InChI is InChI=1S/C25H29F2N3O4/c1-5-15-13-21(31)30(24(28)17-8-6-16(7-9-17)23(32)14(2)3)29-22(15)18-10-11-19(34-25(26)27)20(12-18)33-4/h6-12,14-15,24-25H,5,13,28H2,1-4H3. The minimum atomic E-state index is -2.98. The van der Waals surface area contributed by atoms with Crippen LogP contribution in [0.5, 0.6) is 11.5 Å². The van der Waals surface area contributed by atoms with Gasteiger partial charge in [-0.3, -0.25) is 9.59 Å². The van der Waals surface area contributed by atoms with Gasteiger partial charge in [-0.2, -0.15) is 13.9 Å². The molecule has 0 bridgehead atoms. The third kappa shape index (κ3) is 5.41. The highest BCUT2D eigenvalue weighted by Gasteiger charge is 2.33. The molecular formula is C25H29F2N3O4. The highest BCUT2D eigenvalue weighted by atomic mass is 19.3. The summed E-state index contributed by atoms with van der Waals surface area (Å²) in [6.07, 6.45) is -0.00575. The van der Waals surface area contributed by atoms with Gasteiger partial charge in [-0.05, 0) is 30.2 Å². The van der Waals surface area contributed by atoms with Gasteiger partial charge in [-0.1, -0.05) is 45.0 Å². The minimum absolute atomic E-state index is 0.0217. The van der Waals surface area contributed by atoms with Crippen LogP contribution in [0.4, 0.5) is 8.78 Å². The molecule has 1 amide bonds. The van der Waals surface area contributed by atoms with Gasteiger partial charge >= 0.3 is 6.61 Å². The van der Waals surface area contributed by atoms with Gasteiger partial charge < -0.3 is 15.2 Å². The van der Waals surface area contributed by atoms with Crippen LogP contribution in [0.1, 0.15) is 61.3 Å². The minimum Gasteiger partial charge on any atom is -0.493 e. The largest absolute Gasteiger partial charge is 0.493 e. The first-order valence-electron chi connectivity index (χ1n) is 11.1. The summed E-state index contributed by atoms with van der Waals surface area (Å²) >= 11 is 0. The summed E-state index contributed by atoms with van der Waals surface area (Å²) in [4.78, 5) is 25.1. The van der Waals surface area contributed by atoms with Crippen LogP contribution in [0.2, 0.25) is 0 Å². The predicted octanol–water partition coefficient (Wildman–Crippen LogP) is 4.76. The number of nitrogens with two attached hydrogens (primary N) is 1. The second kappa shape index (κ2) is 10.7. The third-order valence-electron chi connectivity index (χ3n) is 5.77. The fourth-order valence-electron chi connectivity index (χ4n) is 3.84. The zero-order valence-corrected chi connectivity index (χ0v) is 19.6. The molecule has 1 aliphatic rings. The molecule has 0 spiro atoms. The molecule has 2 aromatic carbocycles. The van der Waals surface area contributed by atoms with E-state index in [1.165, 1.54) is 18.2 Å². The average molecular weight is 474 g/mol. The molecule has 182 valence electrons. The lowest BCUT2D eigenvalue weighted by atomic mass is 9.89. The molecule has 2 N–H and O–H groups in total. The number of carbonyl (C=O) groups is 2. The van der Waals surface area contributed by atoms with Gasteiger partial charge in [0, 0.05) is 29.4 Å². The van der Waals surface area contributed by atoms with E-state index in [4.69, 9.17) is 10.5 Å². The van der Waals surface area contributed by atoms with Crippen molar-refractivity contribution in [2.24, 2.45) is 22.7 Å². The van der Waals surface area contributed by atoms with Crippen LogP contribution >= 0.6 is 0 Å². The van der Waals surface area contributed by atoms with E-state index in [2.05, 4.69) is 9.84 Å². The Kier molecular flexibility index (Phi) is 7.98. The maximum absolute atomic E-state index is 12.9. The highest BCUT2D eigenvalue weighted by molar-refractivity contribution is 6.06. The maximum atomic E-state index is 12.9. The van der Waals surface area contributed by atoms with E-state index in [0.29, 0.717) is 28.8 Å². The van der Waals surface area contributed by atoms with Crippen LogP contribution in [0.15, 0.2) is 47.6 Å². The van der Waals surface area contributed by atoms with Crippen molar-refractivity contribution in [1.29, 1.82) is 0 Å². The zero-order chi connectivity index (χ0) is 25.0. The van der Waals surface area contributed by atoms with Crippen molar-refractivity contribution in [3.63, 3.8) is 0 Å². The first kappa shape index (κ1) is 25.3. The van der Waals surface area contributed by atoms with E-state index < -0.39 is 12.8 Å². The predicted molar refractivity (Wildman–Crippen MR) is 124 cm³/mol. The van der Waals surface area contributed by atoms with Gasteiger partial charge in [0.15, 0.2) is 17.3 Å². The van der Waals surface area contributed by atoms with Gasteiger partial charge in [-0.15, -0.1) is 0 Å². The summed E-state index contributed by atoms with van der Waals surface area (Å²) in [6.45, 7) is 2.62. The Morgan fingerprint density at radius 1 is 1.18 bits per heavy atom. The number of Topliss-reactive ketones (excluding diaryl/α,β-unsaturated/α-hetero) is 1. The van der Waals surface area contributed by atoms with E-state index in [1.807, 2.05) is 20.8 Å². The Hall–Kier alpha value is -3.33. The van der Waals surface area contributed by atoms with Crippen LogP contribution in [0.3, 0.4) is 0 Å². The molecule has 34 heavy (non-hydrogen) atoms. The van der Waals surface area contributed by atoms with Gasteiger partial charge in [0.25, 0.3) is 0 Å². The second-order valence-electron chi connectivity index (χ2n) is 8.36. The number of benzene rings is 2. The Balaban J connectivity index is 1.95. The molecule has 2 atom stereocenters. The number of alkyl halides is 2. The Bertz CT molecular complexity index is 1070. The average Bonchev–Trinajstić information content (AvgIpc) is 2.82. The topological polar surface area (TPSA) is 94.2 Å². The molecule has 2 unspecified atom stereocenters. The van der Waals surface area contributed by atoms with Crippen molar-refractivity contribution in [3.05, 3.63) is 59.2 Å². The molecule has 0 radical (unpaired) electrons. The molecular weight excluding hydrogens is 444 g/mol. The lowest BCUT2D eigenvalue weighted by Gasteiger charge is -2.33. The summed E-state index contributed by atoms with van der Waals surface area (Å²) in [5.41, 5.74) is 8.82. The molecule has 0 saturated carbocycles. The number of methoxy groups -OCH3 is 1. The number of hydrazone groups is 1. The first-order valence-corrected chi connectivity index (χ1v) is 11.1. The molecule has 1 aliphatic heterocycles. The number of halogens is 2. The third-order valence-corrected chi connectivity index (χ3v) is 5.77. The van der Waals surface area contributed by atoms with Gasteiger partial charge in [0.05, 0.1) is 12.8 Å². The Morgan fingerprint density at radius 3 is 2.41 bits per heavy atom. The fourth-order valence-corrected chi connectivity index (χ4v) is 3.84. The molecule has 1 heterocycles. The number of hydrogen-bond donors (Lipinski definition) is 1. The Morgan fingerprint density at radius 2 is 1.85 bits per heavy atom. The second-order valence-corrected chi connectivity index (χ2v) is 8.36. The summed E-state index contributed by atoms with van der Waals surface area (Å²) in [6, 6.07) is 11.4.